The van der Waals surface area contributed by atoms with Gasteiger partial charge in [-0.25, -0.2) is 4.98 Å². The topological polar surface area (TPSA) is 27.1 Å². The maximum atomic E-state index is 5.72. The van der Waals surface area contributed by atoms with Crippen LogP contribution in [-0.4, -0.2) is 9.55 Å². The van der Waals surface area contributed by atoms with E-state index >= 15 is 0 Å². The predicted octanol–water partition coefficient (Wildman–Crippen LogP) is 3.43. The molecular weight excluding hydrogens is 236 g/mol. The van der Waals surface area contributed by atoms with Gasteiger partial charge in [0.15, 0.2) is 5.82 Å². The molecule has 3 nitrogen and oxygen atoms in total. The highest BCUT2D eigenvalue weighted by Crippen LogP contribution is 2.31. The van der Waals surface area contributed by atoms with Crippen molar-refractivity contribution in [1.82, 2.24) is 9.55 Å². The molecule has 0 spiro atoms. The van der Waals surface area contributed by atoms with Crippen molar-refractivity contribution in [2.75, 3.05) is 0 Å². The second-order valence-electron chi connectivity index (χ2n) is 4.53. The molecule has 0 saturated heterocycles. The minimum atomic E-state index is 0.518. The average molecular weight is 248 g/mol. The standard InChI is InChI=1S/C16H12N2O/c1-2-6-12(7-3-1)13-10-18-14-8-4-5-9-15(14)19-11-16(18)17-13/h1-10H,11H2. The monoisotopic (exact) mass is 248 g/mol. The summed E-state index contributed by atoms with van der Waals surface area (Å²) in [4.78, 5) is 4.66. The molecule has 3 aromatic rings. The van der Waals surface area contributed by atoms with E-state index in [1.165, 1.54) is 0 Å². The third-order valence-electron chi connectivity index (χ3n) is 3.33. The van der Waals surface area contributed by atoms with Crippen molar-refractivity contribution < 1.29 is 4.74 Å². The minimum Gasteiger partial charge on any atom is -0.483 e. The lowest BCUT2D eigenvalue weighted by Gasteiger charge is -2.18. The van der Waals surface area contributed by atoms with E-state index < -0.39 is 0 Å². The van der Waals surface area contributed by atoms with Gasteiger partial charge in [0.1, 0.15) is 12.4 Å². The van der Waals surface area contributed by atoms with Crippen LogP contribution >= 0.6 is 0 Å². The lowest BCUT2D eigenvalue weighted by Crippen LogP contribution is -2.12. The van der Waals surface area contributed by atoms with Crippen LogP contribution in [-0.2, 0) is 6.61 Å². The fraction of sp³-hybridized carbons (Fsp3) is 0.0625. The molecule has 3 heteroatoms. The van der Waals surface area contributed by atoms with Gasteiger partial charge in [0.05, 0.1) is 11.4 Å². The minimum absolute atomic E-state index is 0.518. The number of rotatable bonds is 1. The van der Waals surface area contributed by atoms with Crippen LogP contribution in [0.5, 0.6) is 5.75 Å². The first-order valence-electron chi connectivity index (χ1n) is 6.28. The number of benzene rings is 2. The van der Waals surface area contributed by atoms with Crippen molar-refractivity contribution >= 4 is 0 Å². The molecule has 19 heavy (non-hydrogen) atoms. The molecule has 4 rings (SSSR count). The zero-order valence-electron chi connectivity index (χ0n) is 10.3. The Bertz CT molecular complexity index is 732. The second-order valence-corrected chi connectivity index (χ2v) is 4.53. The van der Waals surface area contributed by atoms with E-state index in [-0.39, 0.29) is 0 Å². The summed E-state index contributed by atoms with van der Waals surface area (Å²) in [5, 5.41) is 0. The van der Waals surface area contributed by atoms with Crippen LogP contribution in [0.4, 0.5) is 0 Å². The first-order chi connectivity index (χ1) is 9.42. The molecule has 0 N–H and O–H groups in total. The van der Waals surface area contributed by atoms with Gasteiger partial charge in [-0.3, -0.25) is 4.57 Å². The van der Waals surface area contributed by atoms with Gasteiger partial charge in [0.2, 0.25) is 0 Å². The van der Waals surface area contributed by atoms with Crippen LogP contribution < -0.4 is 4.74 Å². The van der Waals surface area contributed by atoms with Crippen molar-refractivity contribution in [3.05, 3.63) is 66.6 Å². The lowest BCUT2D eigenvalue weighted by atomic mass is 10.2. The summed E-state index contributed by atoms with van der Waals surface area (Å²) in [7, 11) is 0. The smallest absolute Gasteiger partial charge is 0.152 e. The van der Waals surface area contributed by atoms with Crippen molar-refractivity contribution in [2.24, 2.45) is 0 Å². The Morgan fingerprint density at radius 2 is 1.74 bits per heavy atom. The summed E-state index contributed by atoms with van der Waals surface area (Å²) in [6.45, 7) is 0.518. The maximum Gasteiger partial charge on any atom is 0.152 e. The number of para-hydroxylation sites is 2. The summed E-state index contributed by atoms with van der Waals surface area (Å²) in [6.07, 6.45) is 2.08. The zero-order valence-corrected chi connectivity index (χ0v) is 10.3. The molecule has 0 aliphatic carbocycles. The van der Waals surface area contributed by atoms with Crippen molar-refractivity contribution in [1.29, 1.82) is 0 Å². The Morgan fingerprint density at radius 3 is 2.63 bits per heavy atom. The molecule has 0 bridgehead atoms. The number of aromatic nitrogens is 2. The molecule has 1 aliphatic heterocycles. The van der Waals surface area contributed by atoms with Gasteiger partial charge in [-0.1, -0.05) is 42.5 Å². The van der Waals surface area contributed by atoms with Crippen molar-refractivity contribution in [2.45, 2.75) is 6.61 Å². The van der Waals surface area contributed by atoms with E-state index in [0.717, 1.165) is 28.5 Å². The molecule has 0 radical (unpaired) electrons. The number of ether oxygens (including phenoxy) is 1. The Kier molecular flexibility index (Phi) is 2.18. The average Bonchev–Trinajstić information content (AvgIpc) is 2.93. The highest BCUT2D eigenvalue weighted by atomic mass is 16.5. The molecular formula is C16H12N2O. The Balaban J connectivity index is 1.88. The molecule has 92 valence electrons. The molecule has 0 saturated carbocycles. The van der Waals surface area contributed by atoms with Crippen LogP contribution in [0.15, 0.2) is 60.8 Å². The van der Waals surface area contributed by atoms with Gasteiger partial charge in [0, 0.05) is 11.8 Å². The normalized spacial score (nSPS) is 12.4. The zero-order chi connectivity index (χ0) is 12.7. The van der Waals surface area contributed by atoms with E-state index in [1.807, 2.05) is 36.4 Å². The van der Waals surface area contributed by atoms with E-state index in [1.54, 1.807) is 0 Å². The number of hydrogen-bond acceptors (Lipinski definition) is 2. The first kappa shape index (κ1) is 10.4. The van der Waals surface area contributed by atoms with Crippen molar-refractivity contribution in [3.63, 3.8) is 0 Å². The summed E-state index contributed by atoms with van der Waals surface area (Å²) in [5.74, 6) is 1.85. The molecule has 2 aromatic carbocycles. The van der Waals surface area contributed by atoms with Crippen LogP contribution in [0.25, 0.3) is 16.9 Å². The highest BCUT2D eigenvalue weighted by molar-refractivity contribution is 5.61. The fourth-order valence-electron chi connectivity index (χ4n) is 2.40. The highest BCUT2D eigenvalue weighted by Gasteiger charge is 2.18. The van der Waals surface area contributed by atoms with Gasteiger partial charge in [-0.2, -0.15) is 0 Å². The third kappa shape index (κ3) is 1.63. The number of hydrogen-bond donors (Lipinski definition) is 0. The summed E-state index contributed by atoms with van der Waals surface area (Å²) >= 11 is 0. The SMILES string of the molecule is c1ccc(-c2cn3c(n2)COc2ccccc2-3)cc1. The van der Waals surface area contributed by atoms with E-state index in [2.05, 4.69) is 33.9 Å². The van der Waals surface area contributed by atoms with Gasteiger partial charge < -0.3 is 4.74 Å². The van der Waals surface area contributed by atoms with Crippen LogP contribution in [0.1, 0.15) is 5.82 Å². The summed E-state index contributed by atoms with van der Waals surface area (Å²) in [5.41, 5.74) is 3.16. The number of imidazole rings is 1. The van der Waals surface area contributed by atoms with Gasteiger partial charge >= 0.3 is 0 Å². The molecule has 0 unspecified atom stereocenters. The molecule has 0 atom stereocenters. The molecule has 2 heterocycles. The second kappa shape index (κ2) is 3.99. The number of nitrogens with zero attached hydrogens (tertiary/aromatic N) is 2. The summed E-state index contributed by atoms with van der Waals surface area (Å²) < 4.78 is 7.83. The number of fused-ring (bicyclic) bond motifs is 3. The predicted molar refractivity (Wildman–Crippen MR) is 73.3 cm³/mol. The van der Waals surface area contributed by atoms with Gasteiger partial charge in [0.25, 0.3) is 0 Å². The molecule has 0 fully saturated rings. The van der Waals surface area contributed by atoms with Gasteiger partial charge in [-0.05, 0) is 12.1 Å². The first-order valence-corrected chi connectivity index (χ1v) is 6.28. The van der Waals surface area contributed by atoms with Crippen LogP contribution in [0, 0.1) is 0 Å². The van der Waals surface area contributed by atoms with Gasteiger partial charge in [-0.15, -0.1) is 0 Å². The van der Waals surface area contributed by atoms with E-state index in [4.69, 9.17) is 4.74 Å². The third-order valence-corrected chi connectivity index (χ3v) is 3.33. The maximum absolute atomic E-state index is 5.72. The van der Waals surface area contributed by atoms with E-state index in [0.29, 0.717) is 6.61 Å². The van der Waals surface area contributed by atoms with E-state index in [9.17, 15) is 0 Å². The quantitative estimate of drug-likeness (QED) is 0.659. The Hall–Kier alpha value is -2.55. The van der Waals surface area contributed by atoms with Crippen LogP contribution in [0.2, 0.25) is 0 Å². The summed E-state index contributed by atoms with van der Waals surface area (Å²) in [6, 6.07) is 18.2. The van der Waals surface area contributed by atoms with Crippen LogP contribution in [0.3, 0.4) is 0 Å². The molecule has 0 amide bonds. The van der Waals surface area contributed by atoms with Crippen molar-refractivity contribution in [3.8, 4) is 22.7 Å². The largest absolute Gasteiger partial charge is 0.483 e. The fourth-order valence-corrected chi connectivity index (χ4v) is 2.40. The molecule has 1 aliphatic rings. The molecule has 1 aromatic heterocycles. The lowest BCUT2D eigenvalue weighted by molar-refractivity contribution is 0.279. The Morgan fingerprint density at radius 1 is 0.947 bits per heavy atom. The Labute approximate surface area is 111 Å².